The van der Waals surface area contributed by atoms with E-state index in [2.05, 4.69) is 5.32 Å². The highest BCUT2D eigenvalue weighted by atomic mass is 35.5. The van der Waals surface area contributed by atoms with Crippen LogP contribution >= 0.6 is 23.2 Å². The summed E-state index contributed by atoms with van der Waals surface area (Å²) in [6, 6.07) is 9.05. The molecule has 0 saturated carbocycles. The summed E-state index contributed by atoms with van der Waals surface area (Å²) in [4.78, 5) is 24.4. The number of benzene rings is 2. The number of aryl methyl sites for hydroxylation is 1. The van der Waals surface area contributed by atoms with Crippen LogP contribution in [0.5, 0.6) is 0 Å². The van der Waals surface area contributed by atoms with E-state index in [9.17, 15) is 18.0 Å². The Morgan fingerprint density at radius 3 is 2.40 bits per heavy atom. The van der Waals surface area contributed by atoms with Gasteiger partial charge in [0.2, 0.25) is 10.0 Å². The van der Waals surface area contributed by atoms with Gasteiger partial charge in [-0.05, 0) is 36.8 Å². The van der Waals surface area contributed by atoms with E-state index in [1.807, 2.05) is 0 Å². The Kier molecular flexibility index (Phi) is 8.25. The quantitative estimate of drug-likeness (QED) is 0.582. The van der Waals surface area contributed by atoms with Crippen molar-refractivity contribution >= 4 is 50.8 Å². The van der Waals surface area contributed by atoms with E-state index < -0.39 is 28.5 Å². The number of rotatable bonds is 8. The number of esters is 1. The van der Waals surface area contributed by atoms with Gasteiger partial charge in [0.15, 0.2) is 6.61 Å². The van der Waals surface area contributed by atoms with Gasteiger partial charge in [-0.15, -0.1) is 0 Å². The molecule has 7 nitrogen and oxygen atoms in total. The minimum atomic E-state index is -3.69. The maximum absolute atomic E-state index is 12.8. The van der Waals surface area contributed by atoms with Crippen molar-refractivity contribution < 1.29 is 22.7 Å². The predicted molar refractivity (Wildman–Crippen MR) is 117 cm³/mol. The molecule has 0 atom stereocenters. The van der Waals surface area contributed by atoms with Crippen molar-refractivity contribution in [1.29, 1.82) is 0 Å². The van der Waals surface area contributed by atoms with E-state index in [-0.39, 0.29) is 26.2 Å². The molecule has 0 fully saturated rings. The van der Waals surface area contributed by atoms with Crippen molar-refractivity contribution in [2.75, 3.05) is 25.0 Å². The molecule has 2 aromatic rings. The zero-order valence-corrected chi connectivity index (χ0v) is 19.1. The third kappa shape index (κ3) is 5.51. The van der Waals surface area contributed by atoms with Crippen molar-refractivity contribution in [3.63, 3.8) is 0 Å². The van der Waals surface area contributed by atoms with Crippen molar-refractivity contribution in [2.45, 2.75) is 25.7 Å². The number of halogens is 2. The first-order chi connectivity index (χ1) is 14.1. The molecular formula is C20H22Cl2N2O5S. The van der Waals surface area contributed by atoms with Gasteiger partial charge in [-0.2, -0.15) is 4.31 Å². The van der Waals surface area contributed by atoms with Gasteiger partial charge in [-0.3, -0.25) is 4.79 Å². The van der Waals surface area contributed by atoms with E-state index in [1.54, 1.807) is 32.9 Å². The number of sulfonamides is 1. The zero-order valence-electron chi connectivity index (χ0n) is 16.7. The summed E-state index contributed by atoms with van der Waals surface area (Å²) in [7, 11) is -3.69. The van der Waals surface area contributed by atoms with E-state index in [4.69, 9.17) is 27.9 Å². The molecule has 162 valence electrons. The smallest absolute Gasteiger partial charge is 0.340 e. The largest absolute Gasteiger partial charge is 0.452 e. The van der Waals surface area contributed by atoms with Crippen LogP contribution in [0.15, 0.2) is 41.3 Å². The highest BCUT2D eigenvalue weighted by molar-refractivity contribution is 7.89. The number of hydrogen-bond acceptors (Lipinski definition) is 5. The molecule has 0 aliphatic heterocycles. The van der Waals surface area contributed by atoms with E-state index in [1.165, 1.54) is 28.6 Å². The fourth-order valence-electron chi connectivity index (χ4n) is 2.73. The van der Waals surface area contributed by atoms with Crippen molar-refractivity contribution in [3.05, 3.63) is 57.6 Å². The topological polar surface area (TPSA) is 92.8 Å². The molecule has 30 heavy (non-hydrogen) atoms. The van der Waals surface area contributed by atoms with Crippen molar-refractivity contribution in [3.8, 4) is 0 Å². The highest BCUT2D eigenvalue weighted by Gasteiger charge is 2.24. The monoisotopic (exact) mass is 472 g/mol. The van der Waals surface area contributed by atoms with Crippen molar-refractivity contribution in [2.24, 2.45) is 0 Å². The fourth-order valence-corrected chi connectivity index (χ4v) is 4.81. The number of nitrogens with zero attached hydrogens (tertiary/aromatic N) is 1. The maximum Gasteiger partial charge on any atom is 0.340 e. The SMILES string of the molecule is CCN(CC)S(=O)(=O)c1cc(NC(=O)COC(=O)c2cccc(Cl)c2Cl)ccc1C. The minimum absolute atomic E-state index is 0.0364. The van der Waals surface area contributed by atoms with Gasteiger partial charge in [0.1, 0.15) is 0 Å². The lowest BCUT2D eigenvalue weighted by atomic mass is 10.2. The standard InChI is InChI=1S/C20H22Cl2N2O5S/c1-4-24(5-2)30(27,28)17-11-14(10-9-13(17)3)23-18(25)12-29-20(26)15-7-6-8-16(21)19(15)22/h6-11H,4-5,12H2,1-3H3,(H,23,25). The van der Waals surface area contributed by atoms with E-state index >= 15 is 0 Å². The molecule has 0 radical (unpaired) electrons. The highest BCUT2D eigenvalue weighted by Crippen LogP contribution is 2.26. The molecule has 0 aromatic heterocycles. The number of carbonyl (C=O) groups is 2. The molecule has 1 amide bonds. The summed E-state index contributed by atoms with van der Waals surface area (Å²) in [5.41, 5.74) is 0.870. The molecule has 2 rings (SSSR count). The van der Waals surface area contributed by atoms with Gasteiger partial charge >= 0.3 is 5.97 Å². The molecular weight excluding hydrogens is 451 g/mol. The van der Waals surface area contributed by atoms with Crippen LogP contribution in [0.25, 0.3) is 0 Å². The van der Waals surface area contributed by atoms with Gasteiger partial charge < -0.3 is 10.1 Å². The second kappa shape index (κ2) is 10.3. The van der Waals surface area contributed by atoms with Crippen LogP contribution in [0.3, 0.4) is 0 Å². The van der Waals surface area contributed by atoms with Gasteiger partial charge in [0.05, 0.1) is 20.5 Å². The summed E-state index contributed by atoms with van der Waals surface area (Å²) < 4.78 is 31.9. The lowest BCUT2D eigenvalue weighted by molar-refractivity contribution is -0.119. The molecule has 0 saturated heterocycles. The van der Waals surface area contributed by atoms with Crippen LogP contribution in [0.2, 0.25) is 10.0 Å². The van der Waals surface area contributed by atoms with Crippen LogP contribution in [0.1, 0.15) is 29.8 Å². The van der Waals surface area contributed by atoms with Crippen LogP contribution < -0.4 is 5.32 Å². The minimum Gasteiger partial charge on any atom is -0.452 e. The Morgan fingerprint density at radius 1 is 1.10 bits per heavy atom. The molecule has 0 aliphatic carbocycles. The van der Waals surface area contributed by atoms with Crippen LogP contribution in [0, 0.1) is 6.92 Å². The molecule has 2 aromatic carbocycles. The lowest BCUT2D eigenvalue weighted by Gasteiger charge is -2.20. The number of ether oxygens (including phenoxy) is 1. The number of anilines is 1. The third-order valence-corrected chi connectivity index (χ3v) is 7.31. The van der Waals surface area contributed by atoms with Crippen LogP contribution in [-0.4, -0.2) is 44.3 Å². The Morgan fingerprint density at radius 2 is 1.77 bits per heavy atom. The Bertz CT molecular complexity index is 1050. The maximum atomic E-state index is 12.8. The molecule has 0 unspecified atom stereocenters. The molecule has 1 N–H and O–H groups in total. The Balaban J connectivity index is 2.11. The van der Waals surface area contributed by atoms with Crippen LogP contribution in [0.4, 0.5) is 5.69 Å². The normalized spacial score (nSPS) is 11.4. The van der Waals surface area contributed by atoms with Crippen LogP contribution in [-0.2, 0) is 19.6 Å². The average Bonchev–Trinajstić information content (AvgIpc) is 2.70. The number of hydrogen-bond donors (Lipinski definition) is 1. The summed E-state index contributed by atoms with van der Waals surface area (Å²) >= 11 is 11.8. The van der Waals surface area contributed by atoms with Gasteiger partial charge in [0, 0.05) is 18.8 Å². The molecule has 0 aliphatic rings. The molecule has 10 heteroatoms. The third-order valence-electron chi connectivity index (χ3n) is 4.30. The Labute approximate surface area is 186 Å². The molecule has 0 bridgehead atoms. The average molecular weight is 473 g/mol. The Hall–Kier alpha value is -2.13. The fraction of sp³-hybridized carbons (Fsp3) is 0.300. The summed E-state index contributed by atoms with van der Waals surface area (Å²) in [6.45, 7) is 5.27. The zero-order chi connectivity index (χ0) is 22.5. The first-order valence-electron chi connectivity index (χ1n) is 9.13. The van der Waals surface area contributed by atoms with E-state index in [0.717, 1.165) is 0 Å². The van der Waals surface area contributed by atoms with E-state index in [0.29, 0.717) is 18.7 Å². The predicted octanol–water partition coefficient (Wildman–Crippen LogP) is 4.13. The lowest BCUT2D eigenvalue weighted by Crippen LogP contribution is -2.31. The first kappa shape index (κ1) is 24.1. The molecule has 0 heterocycles. The summed E-state index contributed by atoms with van der Waals surface area (Å²) in [6.07, 6.45) is 0. The first-order valence-corrected chi connectivity index (χ1v) is 11.3. The number of carbonyl (C=O) groups excluding carboxylic acids is 2. The summed E-state index contributed by atoms with van der Waals surface area (Å²) in [5.74, 6) is -1.43. The van der Waals surface area contributed by atoms with Gasteiger partial charge in [0.25, 0.3) is 5.91 Å². The van der Waals surface area contributed by atoms with Crippen molar-refractivity contribution in [1.82, 2.24) is 4.31 Å². The molecule has 0 spiro atoms. The summed E-state index contributed by atoms with van der Waals surface area (Å²) in [5, 5.41) is 2.76. The number of amides is 1. The second-order valence-corrected chi connectivity index (χ2v) is 8.99. The van der Waals surface area contributed by atoms with Gasteiger partial charge in [-0.1, -0.05) is 49.2 Å². The second-order valence-electron chi connectivity index (χ2n) is 6.30. The van der Waals surface area contributed by atoms with Gasteiger partial charge in [-0.25, -0.2) is 13.2 Å². The number of nitrogens with one attached hydrogen (secondary N) is 1.